The molecule has 8 heteroatoms. The van der Waals surface area contributed by atoms with Crippen LogP contribution in [0.25, 0.3) is 10.9 Å². The number of nitrogens with one attached hydrogen (secondary N) is 3. The molecule has 1 aliphatic rings. The van der Waals surface area contributed by atoms with Crippen molar-refractivity contribution >= 4 is 10.9 Å². The third kappa shape index (κ3) is 3.89. The molecule has 30 heavy (non-hydrogen) atoms. The number of aryl methyl sites for hydroxylation is 1. The molecule has 0 bridgehead atoms. The Morgan fingerprint density at radius 1 is 1.17 bits per heavy atom. The lowest BCUT2D eigenvalue weighted by Gasteiger charge is -2.34. The van der Waals surface area contributed by atoms with Crippen LogP contribution in [-0.4, -0.2) is 57.9 Å². The van der Waals surface area contributed by atoms with E-state index in [1.807, 2.05) is 22.9 Å². The molecular formula is C22H33N7O+2. The van der Waals surface area contributed by atoms with E-state index >= 15 is 0 Å². The quantitative estimate of drug-likeness (QED) is 0.539. The largest absolute Gasteiger partial charge is 0.326 e. The topological polar surface area (TPSA) is 85.3 Å². The van der Waals surface area contributed by atoms with E-state index in [0.29, 0.717) is 0 Å². The number of tetrazole rings is 1. The van der Waals surface area contributed by atoms with Crippen LogP contribution in [0, 0.1) is 6.92 Å². The van der Waals surface area contributed by atoms with Crippen molar-refractivity contribution in [2.45, 2.75) is 46.2 Å². The molecule has 0 aliphatic carbocycles. The molecule has 0 saturated carbocycles. The highest BCUT2D eigenvalue weighted by Gasteiger charge is 2.38. The first kappa shape index (κ1) is 20.7. The molecule has 2 aromatic heterocycles. The fraction of sp³-hybridized carbons (Fsp3) is 0.545. The van der Waals surface area contributed by atoms with Crippen LogP contribution in [0.2, 0.25) is 0 Å². The van der Waals surface area contributed by atoms with Gasteiger partial charge in [-0.25, -0.2) is 4.68 Å². The fourth-order valence-corrected chi connectivity index (χ4v) is 4.52. The van der Waals surface area contributed by atoms with E-state index in [9.17, 15) is 4.79 Å². The standard InChI is InChI=1S/C22H31N7O/c1-6-27-9-11-28(12-10-27)19(20-24-25-26-29(20)22(3,4)5)17-14-16-13-15(2)7-8-18(16)23-21(17)30/h7-8,13-14,19H,6,9-12H2,1-5H3,(H,23,30)/p+2/t19-/m0/s1. The number of pyridine rings is 1. The van der Waals surface area contributed by atoms with Gasteiger partial charge in [-0.05, 0) is 68.6 Å². The average Bonchev–Trinajstić information content (AvgIpc) is 3.19. The molecule has 1 saturated heterocycles. The Kier molecular flexibility index (Phi) is 5.46. The maximum atomic E-state index is 13.2. The smallest absolute Gasteiger partial charge is 0.258 e. The summed E-state index contributed by atoms with van der Waals surface area (Å²) in [7, 11) is 0. The lowest BCUT2D eigenvalue weighted by atomic mass is 10.0. The maximum absolute atomic E-state index is 13.2. The number of piperazine rings is 1. The van der Waals surface area contributed by atoms with Gasteiger partial charge in [0.25, 0.3) is 5.56 Å². The summed E-state index contributed by atoms with van der Waals surface area (Å²) in [5.74, 6) is 0.759. The van der Waals surface area contributed by atoms with E-state index in [1.165, 1.54) is 10.5 Å². The first-order valence-electron chi connectivity index (χ1n) is 10.9. The van der Waals surface area contributed by atoms with Crippen molar-refractivity contribution in [1.82, 2.24) is 25.2 Å². The number of hydrogen-bond acceptors (Lipinski definition) is 4. The van der Waals surface area contributed by atoms with Crippen molar-refractivity contribution in [2.24, 2.45) is 0 Å². The van der Waals surface area contributed by atoms with E-state index in [1.54, 1.807) is 4.90 Å². The molecule has 0 unspecified atom stereocenters. The number of H-pyrrole nitrogens is 1. The van der Waals surface area contributed by atoms with Gasteiger partial charge < -0.3 is 14.8 Å². The minimum absolute atomic E-state index is 0.0578. The van der Waals surface area contributed by atoms with Crippen molar-refractivity contribution in [3.8, 4) is 0 Å². The van der Waals surface area contributed by atoms with Gasteiger partial charge in [0.1, 0.15) is 26.2 Å². The molecule has 0 spiro atoms. The Hall–Kier alpha value is -2.58. The van der Waals surface area contributed by atoms with Crippen LogP contribution in [0.5, 0.6) is 0 Å². The van der Waals surface area contributed by atoms with Gasteiger partial charge in [-0.15, -0.1) is 5.10 Å². The van der Waals surface area contributed by atoms with Gasteiger partial charge in [-0.2, -0.15) is 0 Å². The summed E-state index contributed by atoms with van der Waals surface area (Å²) in [5, 5.41) is 13.8. The normalized spacial score (nSPS) is 21.1. The molecule has 3 heterocycles. The lowest BCUT2D eigenvalue weighted by molar-refractivity contribution is -1.02. The van der Waals surface area contributed by atoms with Crippen LogP contribution in [0.1, 0.15) is 50.7 Å². The first-order chi connectivity index (χ1) is 14.3. The molecule has 0 amide bonds. The first-order valence-corrected chi connectivity index (χ1v) is 10.9. The summed E-state index contributed by atoms with van der Waals surface area (Å²) in [6.45, 7) is 15.8. The molecule has 1 fully saturated rings. The van der Waals surface area contributed by atoms with E-state index in [2.05, 4.69) is 61.2 Å². The van der Waals surface area contributed by atoms with E-state index in [4.69, 9.17) is 0 Å². The minimum Gasteiger partial charge on any atom is -0.326 e. The number of aromatic amines is 1. The summed E-state index contributed by atoms with van der Waals surface area (Å²) < 4.78 is 1.88. The van der Waals surface area contributed by atoms with Crippen LogP contribution in [0.4, 0.5) is 0 Å². The summed E-state index contributed by atoms with van der Waals surface area (Å²) >= 11 is 0. The monoisotopic (exact) mass is 411 g/mol. The van der Waals surface area contributed by atoms with Crippen LogP contribution < -0.4 is 15.4 Å². The number of rotatable bonds is 4. The number of aromatic nitrogens is 5. The van der Waals surface area contributed by atoms with Crippen LogP contribution in [-0.2, 0) is 5.54 Å². The number of fused-ring (bicyclic) bond motifs is 1. The second-order valence-electron chi connectivity index (χ2n) is 9.46. The summed E-state index contributed by atoms with van der Waals surface area (Å²) in [4.78, 5) is 19.3. The summed E-state index contributed by atoms with van der Waals surface area (Å²) in [6.07, 6.45) is 0. The SMILES string of the molecule is CC[NH+]1CC[NH+]([C@@H](c2cc3cc(C)ccc3[nH]c2=O)c2nnnn2C(C)(C)C)CC1. The number of quaternary nitrogens is 2. The maximum Gasteiger partial charge on any atom is 0.258 e. The van der Waals surface area contributed by atoms with E-state index in [0.717, 1.165) is 55.0 Å². The zero-order valence-electron chi connectivity index (χ0n) is 18.6. The van der Waals surface area contributed by atoms with Gasteiger partial charge in [0.05, 0.1) is 17.6 Å². The summed E-state index contributed by atoms with van der Waals surface area (Å²) in [6, 6.07) is 7.95. The Balaban J connectivity index is 1.86. The highest BCUT2D eigenvalue weighted by Crippen LogP contribution is 2.22. The van der Waals surface area contributed by atoms with Crippen molar-refractivity contribution in [1.29, 1.82) is 0 Å². The van der Waals surface area contributed by atoms with Crippen molar-refractivity contribution < 1.29 is 9.80 Å². The van der Waals surface area contributed by atoms with Crippen molar-refractivity contribution in [2.75, 3.05) is 32.7 Å². The molecule has 4 rings (SSSR count). The molecule has 8 nitrogen and oxygen atoms in total. The lowest BCUT2D eigenvalue weighted by Crippen LogP contribution is -3.28. The molecule has 1 aromatic carbocycles. The number of likely N-dealkylation sites (N-methyl/N-ethyl adjacent to an activating group) is 1. The van der Waals surface area contributed by atoms with Crippen LogP contribution in [0.15, 0.2) is 29.1 Å². The summed E-state index contributed by atoms with van der Waals surface area (Å²) in [5.41, 5.74) is 2.44. The van der Waals surface area contributed by atoms with E-state index < -0.39 is 0 Å². The van der Waals surface area contributed by atoms with Gasteiger partial charge in [0, 0.05) is 5.52 Å². The van der Waals surface area contributed by atoms with Gasteiger partial charge in [0.2, 0.25) is 5.82 Å². The zero-order valence-corrected chi connectivity index (χ0v) is 18.6. The van der Waals surface area contributed by atoms with Gasteiger partial charge in [0.15, 0.2) is 6.04 Å². The minimum atomic E-state index is -0.271. The third-order valence-electron chi connectivity index (χ3n) is 6.23. The Bertz CT molecular complexity index is 1090. The molecule has 3 N–H and O–H groups in total. The number of nitrogens with zero attached hydrogens (tertiary/aromatic N) is 4. The van der Waals surface area contributed by atoms with Crippen LogP contribution >= 0.6 is 0 Å². The predicted octanol–water partition coefficient (Wildman–Crippen LogP) is -0.529. The van der Waals surface area contributed by atoms with Gasteiger partial charge in [-0.3, -0.25) is 4.79 Å². The molecular weight excluding hydrogens is 378 g/mol. The Morgan fingerprint density at radius 2 is 1.90 bits per heavy atom. The fourth-order valence-electron chi connectivity index (χ4n) is 4.52. The molecule has 0 radical (unpaired) electrons. The second-order valence-corrected chi connectivity index (χ2v) is 9.46. The zero-order chi connectivity index (χ0) is 21.5. The van der Waals surface area contributed by atoms with Crippen LogP contribution in [0.3, 0.4) is 0 Å². The molecule has 1 aliphatic heterocycles. The Labute approximate surface area is 176 Å². The third-order valence-corrected chi connectivity index (χ3v) is 6.23. The number of benzene rings is 1. The average molecular weight is 412 g/mol. The van der Waals surface area contributed by atoms with E-state index in [-0.39, 0.29) is 17.1 Å². The van der Waals surface area contributed by atoms with Crippen molar-refractivity contribution in [3.63, 3.8) is 0 Å². The van der Waals surface area contributed by atoms with Gasteiger partial charge >= 0.3 is 0 Å². The number of hydrogen-bond donors (Lipinski definition) is 3. The molecule has 3 aromatic rings. The second kappa shape index (κ2) is 7.92. The Morgan fingerprint density at radius 3 is 2.57 bits per heavy atom. The predicted molar refractivity (Wildman–Crippen MR) is 116 cm³/mol. The molecule has 1 atom stereocenters. The van der Waals surface area contributed by atoms with Crippen molar-refractivity contribution in [3.05, 3.63) is 51.6 Å². The highest BCUT2D eigenvalue weighted by atomic mass is 16.1. The molecule has 160 valence electrons. The van der Waals surface area contributed by atoms with Gasteiger partial charge in [-0.1, -0.05) is 11.6 Å². The highest BCUT2D eigenvalue weighted by molar-refractivity contribution is 5.79.